The van der Waals surface area contributed by atoms with Gasteiger partial charge in [0.05, 0.1) is 12.2 Å². The van der Waals surface area contributed by atoms with Crippen molar-refractivity contribution in [2.45, 2.75) is 37.3 Å². The highest BCUT2D eigenvalue weighted by Crippen LogP contribution is 2.38. The largest absolute Gasteiger partial charge is 0.416 e. The van der Waals surface area contributed by atoms with Crippen molar-refractivity contribution in [1.82, 2.24) is 10.6 Å². The van der Waals surface area contributed by atoms with E-state index in [9.17, 15) is 18.3 Å². The highest BCUT2D eigenvalue weighted by atomic mass is 127. The summed E-state index contributed by atoms with van der Waals surface area (Å²) in [5, 5.41) is 16.0. The summed E-state index contributed by atoms with van der Waals surface area (Å²) in [7, 11) is 1.67. The molecule has 0 bridgehead atoms. The van der Waals surface area contributed by atoms with Crippen molar-refractivity contribution in [3.63, 3.8) is 0 Å². The summed E-state index contributed by atoms with van der Waals surface area (Å²) in [4.78, 5) is 4.29. The first-order valence-corrected chi connectivity index (χ1v) is 10.7. The van der Waals surface area contributed by atoms with E-state index in [0.29, 0.717) is 70.3 Å². The third-order valence-corrected chi connectivity index (χ3v) is 6.53. The van der Waals surface area contributed by atoms with Crippen LogP contribution >= 0.6 is 24.0 Å². The van der Waals surface area contributed by atoms with Crippen LogP contribution in [0.4, 0.5) is 13.2 Å². The second-order valence-electron chi connectivity index (χ2n) is 8.53. The number of aliphatic hydroxyl groups excluding tert-OH is 1. The van der Waals surface area contributed by atoms with E-state index in [0.717, 1.165) is 12.5 Å². The van der Waals surface area contributed by atoms with Gasteiger partial charge in [-0.3, -0.25) is 4.99 Å². The van der Waals surface area contributed by atoms with Crippen LogP contribution in [0.15, 0.2) is 29.3 Å². The van der Waals surface area contributed by atoms with Crippen LogP contribution in [0.5, 0.6) is 0 Å². The Bertz CT molecular complexity index is 749. The number of hydrogen-bond acceptors (Lipinski definition) is 4. The molecule has 2 aliphatic rings. The Hall–Kier alpha value is -1.11. The quantitative estimate of drug-likeness (QED) is 0.266. The highest BCUT2D eigenvalue weighted by Gasteiger charge is 2.38. The van der Waals surface area contributed by atoms with Crippen molar-refractivity contribution < 1.29 is 27.8 Å². The maximum Gasteiger partial charge on any atom is 0.416 e. The van der Waals surface area contributed by atoms with Crippen molar-refractivity contribution >= 4 is 29.9 Å². The molecule has 0 saturated carbocycles. The summed E-state index contributed by atoms with van der Waals surface area (Å²) in [6, 6.07) is 5.61. The Morgan fingerprint density at radius 1 is 1.09 bits per heavy atom. The van der Waals surface area contributed by atoms with Gasteiger partial charge in [0.1, 0.15) is 0 Å². The van der Waals surface area contributed by atoms with Gasteiger partial charge < -0.3 is 25.2 Å². The minimum absolute atomic E-state index is 0. The van der Waals surface area contributed by atoms with Gasteiger partial charge in [-0.05, 0) is 37.3 Å². The first-order valence-electron chi connectivity index (χ1n) is 10.7. The minimum Gasteiger partial charge on any atom is -0.396 e. The lowest BCUT2D eigenvalue weighted by Gasteiger charge is -2.39. The molecular weight excluding hydrogens is 538 g/mol. The standard InChI is InChI=1S/C22H32F3N3O3.HI/c1-26-19(27-14-20(5-9-29)6-10-31-16-20)28-15-21(7-11-30-12-8-21)17-3-2-4-18(13-17)22(23,24)25;/h2-4,13,29H,5-12,14-16H2,1H3,(H2,26,27,28);1H. The molecule has 0 spiro atoms. The average molecular weight is 571 g/mol. The maximum atomic E-state index is 13.3. The molecule has 0 radical (unpaired) electrons. The number of nitrogens with zero attached hydrogens (tertiary/aromatic N) is 1. The molecule has 0 aromatic heterocycles. The van der Waals surface area contributed by atoms with Crippen molar-refractivity contribution in [2.75, 3.05) is 53.2 Å². The minimum atomic E-state index is -4.38. The first kappa shape index (κ1) is 27.1. The van der Waals surface area contributed by atoms with Crippen molar-refractivity contribution in [3.8, 4) is 0 Å². The van der Waals surface area contributed by atoms with E-state index in [1.54, 1.807) is 13.1 Å². The highest BCUT2D eigenvalue weighted by molar-refractivity contribution is 14.0. The smallest absolute Gasteiger partial charge is 0.396 e. The molecule has 3 rings (SSSR count). The molecule has 2 heterocycles. The topological polar surface area (TPSA) is 75.1 Å². The van der Waals surface area contributed by atoms with Crippen LogP contribution < -0.4 is 10.6 Å². The van der Waals surface area contributed by atoms with E-state index >= 15 is 0 Å². The SMILES string of the molecule is CN=C(NCC1(CCO)CCOC1)NCC1(c2cccc(C(F)(F)F)c2)CCOCC1.I. The van der Waals surface area contributed by atoms with Crippen LogP contribution in [0.3, 0.4) is 0 Å². The van der Waals surface area contributed by atoms with E-state index in [-0.39, 0.29) is 36.0 Å². The summed E-state index contributed by atoms with van der Waals surface area (Å²) >= 11 is 0. The maximum absolute atomic E-state index is 13.3. The predicted molar refractivity (Wildman–Crippen MR) is 128 cm³/mol. The molecule has 1 aromatic carbocycles. The molecule has 2 fully saturated rings. The summed E-state index contributed by atoms with van der Waals surface area (Å²) in [5.41, 5.74) is -0.583. The van der Waals surface area contributed by atoms with Gasteiger partial charge >= 0.3 is 6.18 Å². The second-order valence-corrected chi connectivity index (χ2v) is 8.53. The van der Waals surface area contributed by atoms with Crippen molar-refractivity contribution in [2.24, 2.45) is 10.4 Å². The summed E-state index contributed by atoms with van der Waals surface area (Å²) in [6.45, 7) is 3.40. The fourth-order valence-electron chi connectivity index (χ4n) is 4.41. The fourth-order valence-corrected chi connectivity index (χ4v) is 4.41. The van der Waals surface area contributed by atoms with Crippen LogP contribution in [-0.4, -0.2) is 64.2 Å². The molecule has 1 aromatic rings. The Morgan fingerprint density at radius 2 is 1.78 bits per heavy atom. The molecule has 32 heavy (non-hydrogen) atoms. The van der Waals surface area contributed by atoms with E-state index in [1.165, 1.54) is 12.1 Å². The Balaban J connectivity index is 0.00000363. The van der Waals surface area contributed by atoms with Crippen LogP contribution in [0, 0.1) is 5.41 Å². The van der Waals surface area contributed by atoms with Crippen molar-refractivity contribution in [3.05, 3.63) is 35.4 Å². The molecule has 1 atom stereocenters. The van der Waals surface area contributed by atoms with Gasteiger partial charge in [0.25, 0.3) is 0 Å². The number of ether oxygens (including phenoxy) is 2. The third-order valence-electron chi connectivity index (χ3n) is 6.53. The number of benzene rings is 1. The van der Waals surface area contributed by atoms with Gasteiger partial charge in [-0.15, -0.1) is 24.0 Å². The number of halogens is 4. The normalized spacial score (nSPS) is 23.5. The number of rotatable bonds is 7. The van der Waals surface area contributed by atoms with Crippen LogP contribution in [0.1, 0.15) is 36.8 Å². The van der Waals surface area contributed by atoms with Gasteiger partial charge in [0.15, 0.2) is 5.96 Å². The molecule has 2 saturated heterocycles. The number of guanidine groups is 1. The Labute approximate surface area is 204 Å². The first-order chi connectivity index (χ1) is 14.8. The van der Waals surface area contributed by atoms with Crippen molar-refractivity contribution in [1.29, 1.82) is 0 Å². The molecule has 10 heteroatoms. The molecular formula is C22H33F3IN3O3. The summed E-state index contributed by atoms with van der Waals surface area (Å²) in [6.07, 6.45) is -1.62. The molecule has 6 nitrogen and oxygen atoms in total. The molecule has 3 N–H and O–H groups in total. The van der Waals surface area contributed by atoms with Gasteiger partial charge in [-0.1, -0.05) is 18.2 Å². The molecule has 182 valence electrons. The molecule has 0 aliphatic carbocycles. The molecule has 0 amide bonds. The number of alkyl halides is 3. The molecule has 2 aliphatic heterocycles. The lowest BCUT2D eigenvalue weighted by atomic mass is 9.73. The average Bonchev–Trinajstić information content (AvgIpc) is 3.23. The van der Waals surface area contributed by atoms with E-state index in [4.69, 9.17) is 9.47 Å². The number of nitrogens with one attached hydrogen (secondary N) is 2. The Kier molecular flexibility index (Phi) is 10.0. The van der Waals surface area contributed by atoms with E-state index in [1.807, 2.05) is 0 Å². The predicted octanol–water partition coefficient (Wildman–Crippen LogP) is 3.33. The fraction of sp³-hybridized carbons (Fsp3) is 0.682. The number of aliphatic imine (C=N–C) groups is 1. The zero-order valence-electron chi connectivity index (χ0n) is 18.3. The lowest BCUT2D eigenvalue weighted by Crippen LogP contribution is -2.50. The number of aliphatic hydroxyl groups is 1. The zero-order chi connectivity index (χ0) is 22.4. The van der Waals surface area contributed by atoms with Gasteiger partial charge in [0, 0.05) is 57.4 Å². The number of hydrogen-bond donors (Lipinski definition) is 3. The lowest BCUT2D eigenvalue weighted by molar-refractivity contribution is -0.137. The van der Waals surface area contributed by atoms with E-state index in [2.05, 4.69) is 15.6 Å². The summed E-state index contributed by atoms with van der Waals surface area (Å²) in [5.74, 6) is 0.585. The van der Waals surface area contributed by atoms with Gasteiger partial charge in [0.2, 0.25) is 0 Å². The van der Waals surface area contributed by atoms with Crippen LogP contribution in [0.25, 0.3) is 0 Å². The van der Waals surface area contributed by atoms with Crippen LogP contribution in [0.2, 0.25) is 0 Å². The summed E-state index contributed by atoms with van der Waals surface area (Å²) < 4.78 is 50.9. The Morgan fingerprint density at radius 3 is 2.38 bits per heavy atom. The second kappa shape index (κ2) is 11.8. The van der Waals surface area contributed by atoms with Crippen LogP contribution in [-0.2, 0) is 21.1 Å². The van der Waals surface area contributed by atoms with Gasteiger partial charge in [-0.25, -0.2) is 0 Å². The zero-order valence-corrected chi connectivity index (χ0v) is 20.7. The third kappa shape index (κ3) is 6.71. The van der Waals surface area contributed by atoms with E-state index < -0.39 is 17.2 Å². The van der Waals surface area contributed by atoms with Gasteiger partial charge in [-0.2, -0.15) is 13.2 Å². The molecule has 1 unspecified atom stereocenters. The monoisotopic (exact) mass is 571 g/mol.